The molecule has 0 unspecified atom stereocenters. The zero-order chi connectivity index (χ0) is 16.4. The monoisotopic (exact) mass is 390 g/mol. The molecule has 23 heavy (non-hydrogen) atoms. The molecule has 0 radical (unpaired) electrons. The van der Waals surface area contributed by atoms with E-state index in [1.807, 2.05) is 24.4 Å². The Balaban J connectivity index is 1.77. The molecule has 0 aliphatic carbocycles. The largest absolute Gasteiger partial charge is 0.319 e. The molecular weight excluding hydrogens is 379 g/mol. The van der Waals surface area contributed by atoms with E-state index in [-0.39, 0.29) is 11.6 Å². The van der Waals surface area contributed by atoms with E-state index in [0.717, 1.165) is 16.3 Å². The third kappa shape index (κ3) is 3.65. The van der Waals surface area contributed by atoms with Crippen LogP contribution in [0.3, 0.4) is 0 Å². The van der Waals surface area contributed by atoms with Crippen molar-refractivity contribution in [2.75, 3.05) is 5.32 Å². The summed E-state index contributed by atoms with van der Waals surface area (Å²) in [5, 5.41) is 5.54. The van der Waals surface area contributed by atoms with E-state index in [1.54, 1.807) is 29.5 Å². The summed E-state index contributed by atoms with van der Waals surface area (Å²) in [5.74, 6) is -0.838. The Morgan fingerprint density at radius 1 is 1.22 bits per heavy atom. The average molecular weight is 391 g/mol. The maximum atomic E-state index is 13.8. The Morgan fingerprint density at radius 2 is 1.96 bits per heavy atom. The second-order valence-corrected chi connectivity index (χ2v) is 6.89. The van der Waals surface area contributed by atoms with Crippen LogP contribution in [-0.2, 0) is 0 Å². The number of anilines is 1. The number of rotatable bonds is 3. The number of aryl methyl sites for hydroxylation is 1. The summed E-state index contributed by atoms with van der Waals surface area (Å²) in [6.45, 7) is 1.95. The average Bonchev–Trinajstić information content (AvgIpc) is 2.97. The van der Waals surface area contributed by atoms with Gasteiger partial charge >= 0.3 is 0 Å². The van der Waals surface area contributed by atoms with Crippen molar-refractivity contribution in [3.63, 3.8) is 0 Å². The molecule has 3 aromatic rings. The highest BCUT2D eigenvalue weighted by atomic mass is 79.9. The van der Waals surface area contributed by atoms with Crippen molar-refractivity contribution >= 4 is 38.9 Å². The minimum absolute atomic E-state index is 0.150. The van der Waals surface area contributed by atoms with Gasteiger partial charge in [-0.25, -0.2) is 9.37 Å². The fourth-order valence-electron chi connectivity index (χ4n) is 2.07. The van der Waals surface area contributed by atoms with E-state index in [4.69, 9.17) is 0 Å². The molecule has 0 atom stereocenters. The van der Waals surface area contributed by atoms with Crippen molar-refractivity contribution in [2.24, 2.45) is 0 Å². The van der Waals surface area contributed by atoms with Crippen LogP contribution < -0.4 is 5.32 Å². The Kier molecular flexibility index (Phi) is 4.54. The minimum Gasteiger partial charge on any atom is -0.319 e. The van der Waals surface area contributed by atoms with Crippen molar-refractivity contribution in [1.82, 2.24) is 4.98 Å². The van der Waals surface area contributed by atoms with Gasteiger partial charge in [-0.15, -0.1) is 11.3 Å². The number of nitrogens with one attached hydrogen (secondary N) is 1. The molecule has 1 heterocycles. The SMILES string of the molecule is Cc1nc(-c2ccc(C(=O)Nc3ccc(Br)cc3F)cc2)cs1. The Hall–Kier alpha value is -2.05. The van der Waals surface area contributed by atoms with Crippen LogP contribution in [0.5, 0.6) is 0 Å². The van der Waals surface area contributed by atoms with Crippen LogP contribution in [0.15, 0.2) is 52.3 Å². The second kappa shape index (κ2) is 6.60. The molecule has 1 aromatic heterocycles. The van der Waals surface area contributed by atoms with Gasteiger partial charge in [0.2, 0.25) is 0 Å². The topological polar surface area (TPSA) is 42.0 Å². The molecule has 6 heteroatoms. The lowest BCUT2D eigenvalue weighted by Crippen LogP contribution is -2.12. The second-order valence-electron chi connectivity index (χ2n) is 4.91. The third-order valence-corrected chi connectivity index (χ3v) is 4.51. The maximum Gasteiger partial charge on any atom is 0.255 e. The predicted octanol–water partition coefficient (Wildman–Crippen LogP) is 5.27. The first kappa shape index (κ1) is 15.8. The van der Waals surface area contributed by atoms with Gasteiger partial charge in [0.25, 0.3) is 5.91 Å². The summed E-state index contributed by atoms with van der Waals surface area (Å²) in [4.78, 5) is 16.6. The zero-order valence-electron chi connectivity index (χ0n) is 12.1. The van der Waals surface area contributed by atoms with Crippen molar-refractivity contribution < 1.29 is 9.18 Å². The summed E-state index contributed by atoms with van der Waals surface area (Å²) < 4.78 is 14.4. The van der Waals surface area contributed by atoms with Gasteiger partial charge in [0.05, 0.1) is 16.4 Å². The van der Waals surface area contributed by atoms with Gasteiger partial charge in [0.1, 0.15) is 5.82 Å². The summed E-state index contributed by atoms with van der Waals surface area (Å²) in [7, 11) is 0. The number of thiazole rings is 1. The van der Waals surface area contributed by atoms with Crippen LogP contribution in [0.25, 0.3) is 11.3 Å². The van der Waals surface area contributed by atoms with E-state index >= 15 is 0 Å². The number of halogens is 2. The van der Waals surface area contributed by atoms with E-state index < -0.39 is 5.82 Å². The smallest absolute Gasteiger partial charge is 0.255 e. The van der Waals surface area contributed by atoms with Gasteiger partial charge in [-0.1, -0.05) is 28.1 Å². The molecule has 2 aromatic carbocycles. The highest BCUT2D eigenvalue weighted by molar-refractivity contribution is 9.10. The molecule has 0 spiro atoms. The predicted molar refractivity (Wildman–Crippen MR) is 94.3 cm³/mol. The molecule has 0 saturated heterocycles. The fraction of sp³-hybridized carbons (Fsp3) is 0.0588. The highest BCUT2D eigenvalue weighted by Gasteiger charge is 2.10. The van der Waals surface area contributed by atoms with E-state index in [1.165, 1.54) is 12.1 Å². The van der Waals surface area contributed by atoms with E-state index in [9.17, 15) is 9.18 Å². The number of nitrogens with zero attached hydrogens (tertiary/aromatic N) is 1. The number of hydrogen-bond acceptors (Lipinski definition) is 3. The van der Waals surface area contributed by atoms with Crippen LogP contribution in [-0.4, -0.2) is 10.9 Å². The van der Waals surface area contributed by atoms with Gasteiger partial charge < -0.3 is 5.32 Å². The normalized spacial score (nSPS) is 10.6. The molecule has 1 N–H and O–H groups in total. The molecule has 0 fully saturated rings. The quantitative estimate of drug-likeness (QED) is 0.661. The number of carbonyl (C=O) groups is 1. The van der Waals surface area contributed by atoms with Crippen molar-refractivity contribution in [1.29, 1.82) is 0 Å². The molecule has 0 bridgehead atoms. The third-order valence-electron chi connectivity index (χ3n) is 3.24. The number of aromatic nitrogens is 1. The van der Waals surface area contributed by atoms with Gasteiger partial charge in [-0.2, -0.15) is 0 Å². The Bertz CT molecular complexity index is 861. The highest BCUT2D eigenvalue weighted by Crippen LogP contribution is 2.23. The van der Waals surface area contributed by atoms with Gasteiger partial charge in [0, 0.05) is 21.0 Å². The lowest BCUT2D eigenvalue weighted by atomic mass is 10.1. The van der Waals surface area contributed by atoms with Crippen LogP contribution >= 0.6 is 27.3 Å². The zero-order valence-corrected chi connectivity index (χ0v) is 14.5. The summed E-state index contributed by atoms with van der Waals surface area (Å²) >= 11 is 4.76. The first-order valence-electron chi connectivity index (χ1n) is 6.82. The minimum atomic E-state index is -0.484. The van der Waals surface area contributed by atoms with Crippen molar-refractivity contribution in [2.45, 2.75) is 6.92 Å². The molecule has 3 rings (SSSR count). The lowest BCUT2D eigenvalue weighted by molar-refractivity contribution is 0.102. The fourth-order valence-corrected chi connectivity index (χ4v) is 3.03. The van der Waals surface area contributed by atoms with Gasteiger partial charge in [-0.3, -0.25) is 4.79 Å². The van der Waals surface area contributed by atoms with Crippen LogP contribution in [0.1, 0.15) is 15.4 Å². The number of carbonyl (C=O) groups excluding carboxylic acids is 1. The van der Waals surface area contributed by atoms with Crippen LogP contribution in [0.2, 0.25) is 0 Å². The molecule has 3 nitrogen and oxygen atoms in total. The molecule has 1 amide bonds. The number of amides is 1. The van der Waals surface area contributed by atoms with Gasteiger partial charge in [0.15, 0.2) is 0 Å². The maximum absolute atomic E-state index is 13.8. The van der Waals surface area contributed by atoms with Crippen LogP contribution in [0, 0.1) is 12.7 Å². The first-order valence-corrected chi connectivity index (χ1v) is 8.49. The Morgan fingerprint density at radius 3 is 2.57 bits per heavy atom. The lowest BCUT2D eigenvalue weighted by Gasteiger charge is -2.07. The standard InChI is InChI=1S/C17H12BrFN2OS/c1-10-20-16(9-23-10)11-2-4-12(5-3-11)17(22)21-15-7-6-13(18)8-14(15)19/h2-9H,1H3,(H,21,22). The summed E-state index contributed by atoms with van der Waals surface area (Å²) in [6, 6.07) is 11.6. The van der Waals surface area contributed by atoms with Crippen molar-refractivity contribution in [3.05, 3.63) is 68.7 Å². The summed E-state index contributed by atoms with van der Waals surface area (Å²) in [6.07, 6.45) is 0. The van der Waals surface area contributed by atoms with Crippen molar-refractivity contribution in [3.8, 4) is 11.3 Å². The molecule has 116 valence electrons. The van der Waals surface area contributed by atoms with E-state index in [2.05, 4.69) is 26.2 Å². The molecular formula is C17H12BrFN2OS. The molecule has 0 saturated carbocycles. The van der Waals surface area contributed by atoms with Crippen LogP contribution in [0.4, 0.5) is 10.1 Å². The van der Waals surface area contributed by atoms with Gasteiger partial charge in [-0.05, 0) is 37.3 Å². The Labute approximate surface area is 145 Å². The summed E-state index contributed by atoms with van der Waals surface area (Å²) in [5.41, 5.74) is 2.44. The number of hydrogen-bond donors (Lipinski definition) is 1. The van der Waals surface area contributed by atoms with E-state index in [0.29, 0.717) is 10.0 Å². The first-order chi connectivity index (χ1) is 11.0. The molecule has 0 aliphatic heterocycles. The molecule has 0 aliphatic rings. The number of benzene rings is 2.